The number of amides is 1. The molecule has 0 aromatic heterocycles. The largest absolute Gasteiger partial charge is 0.478 e. The minimum absolute atomic E-state index is 0.281. The molecular formula is C12H14FNO5S. The molecule has 1 aromatic carbocycles. The van der Waals surface area contributed by atoms with E-state index in [2.05, 4.69) is 5.32 Å². The highest BCUT2D eigenvalue weighted by Crippen LogP contribution is 2.18. The molecule has 0 unspecified atom stereocenters. The standard InChI is InChI=1S/C12H14FNO5S/c1-2-14-11(15)5-6-20(18,19)10-4-3-8(12(16)17)7-9(10)13/h3-4,7H,2,5-6H2,1H3,(H,14,15)(H,16,17). The Morgan fingerprint density at radius 2 is 2.00 bits per heavy atom. The van der Waals surface area contributed by atoms with Gasteiger partial charge in [0.15, 0.2) is 9.84 Å². The molecule has 1 aromatic rings. The molecule has 0 heterocycles. The highest BCUT2D eigenvalue weighted by atomic mass is 32.2. The van der Waals surface area contributed by atoms with Gasteiger partial charge in [0, 0.05) is 13.0 Å². The third kappa shape index (κ3) is 4.02. The first-order valence-electron chi connectivity index (χ1n) is 5.80. The van der Waals surface area contributed by atoms with Crippen LogP contribution >= 0.6 is 0 Å². The van der Waals surface area contributed by atoms with Gasteiger partial charge in [0.1, 0.15) is 10.7 Å². The number of carboxylic acids is 1. The number of carbonyl (C=O) groups excluding carboxylic acids is 1. The van der Waals surface area contributed by atoms with Crippen LogP contribution in [0.5, 0.6) is 0 Å². The third-order valence-corrected chi connectivity index (χ3v) is 4.23. The van der Waals surface area contributed by atoms with E-state index >= 15 is 0 Å². The predicted molar refractivity (Wildman–Crippen MR) is 68.7 cm³/mol. The van der Waals surface area contributed by atoms with E-state index in [1.807, 2.05) is 0 Å². The Labute approximate surface area is 115 Å². The molecule has 1 amide bonds. The number of carbonyl (C=O) groups is 2. The van der Waals surface area contributed by atoms with Crippen LogP contribution in [0.3, 0.4) is 0 Å². The van der Waals surface area contributed by atoms with E-state index in [4.69, 9.17) is 5.11 Å². The van der Waals surface area contributed by atoms with E-state index in [0.29, 0.717) is 12.6 Å². The van der Waals surface area contributed by atoms with Crippen molar-refractivity contribution in [3.05, 3.63) is 29.6 Å². The quantitative estimate of drug-likeness (QED) is 0.810. The Bertz CT molecular complexity index is 627. The van der Waals surface area contributed by atoms with Crippen molar-refractivity contribution in [1.29, 1.82) is 0 Å². The predicted octanol–water partition coefficient (Wildman–Crippen LogP) is 0.824. The summed E-state index contributed by atoms with van der Waals surface area (Å²) in [7, 11) is -3.98. The second-order valence-electron chi connectivity index (χ2n) is 3.97. The number of carboxylic acid groups (broad SMARTS) is 1. The molecule has 0 bridgehead atoms. The van der Waals surface area contributed by atoms with Gasteiger partial charge >= 0.3 is 5.97 Å². The molecule has 2 N–H and O–H groups in total. The minimum atomic E-state index is -3.98. The molecular weight excluding hydrogens is 289 g/mol. The molecule has 8 heteroatoms. The zero-order chi connectivity index (χ0) is 15.3. The summed E-state index contributed by atoms with van der Waals surface area (Å²) in [5, 5.41) is 11.1. The van der Waals surface area contributed by atoms with E-state index < -0.39 is 38.2 Å². The SMILES string of the molecule is CCNC(=O)CCS(=O)(=O)c1ccc(C(=O)O)cc1F. The summed E-state index contributed by atoms with van der Waals surface area (Å²) < 4.78 is 37.4. The molecule has 0 aliphatic carbocycles. The smallest absolute Gasteiger partial charge is 0.335 e. The molecule has 0 spiro atoms. The second-order valence-corrected chi connectivity index (χ2v) is 6.05. The average Bonchev–Trinajstić information content (AvgIpc) is 2.36. The minimum Gasteiger partial charge on any atom is -0.478 e. The van der Waals surface area contributed by atoms with Gasteiger partial charge in [-0.1, -0.05) is 0 Å². The van der Waals surface area contributed by atoms with Crippen LogP contribution in [0.4, 0.5) is 4.39 Å². The second kappa shape index (κ2) is 6.47. The van der Waals surface area contributed by atoms with E-state index in [1.54, 1.807) is 6.92 Å². The molecule has 0 aliphatic heterocycles. The van der Waals surface area contributed by atoms with E-state index in [-0.39, 0.29) is 12.0 Å². The maximum atomic E-state index is 13.6. The Morgan fingerprint density at radius 1 is 1.35 bits per heavy atom. The topological polar surface area (TPSA) is 101 Å². The van der Waals surface area contributed by atoms with Gasteiger partial charge in [0.25, 0.3) is 0 Å². The number of benzene rings is 1. The normalized spacial score (nSPS) is 11.1. The molecule has 0 aliphatic rings. The van der Waals surface area contributed by atoms with Crippen LogP contribution in [0.15, 0.2) is 23.1 Å². The Balaban J connectivity index is 2.93. The van der Waals surface area contributed by atoms with Crippen molar-refractivity contribution >= 4 is 21.7 Å². The molecule has 0 radical (unpaired) electrons. The number of halogens is 1. The molecule has 0 fully saturated rings. The van der Waals surface area contributed by atoms with Gasteiger partial charge in [-0.2, -0.15) is 0 Å². The summed E-state index contributed by atoms with van der Waals surface area (Å²) >= 11 is 0. The molecule has 0 saturated carbocycles. The van der Waals surface area contributed by atoms with Crippen molar-refractivity contribution < 1.29 is 27.5 Å². The first-order valence-corrected chi connectivity index (χ1v) is 7.45. The van der Waals surface area contributed by atoms with Gasteiger partial charge in [-0.05, 0) is 25.1 Å². The first kappa shape index (κ1) is 16.1. The lowest BCUT2D eigenvalue weighted by Crippen LogP contribution is -2.25. The van der Waals surface area contributed by atoms with Crippen LogP contribution in [-0.2, 0) is 14.6 Å². The average molecular weight is 303 g/mol. The van der Waals surface area contributed by atoms with Gasteiger partial charge in [-0.25, -0.2) is 17.6 Å². The maximum Gasteiger partial charge on any atom is 0.335 e. The summed E-state index contributed by atoms with van der Waals surface area (Å²) in [5.74, 6) is -3.48. The van der Waals surface area contributed by atoms with Gasteiger partial charge in [0.2, 0.25) is 5.91 Å². The summed E-state index contributed by atoms with van der Waals surface area (Å²) in [6, 6.07) is 2.54. The lowest BCUT2D eigenvalue weighted by Gasteiger charge is -2.06. The molecule has 6 nitrogen and oxygen atoms in total. The summed E-state index contributed by atoms with van der Waals surface area (Å²) in [6.45, 7) is 2.07. The number of sulfone groups is 1. The number of hydrogen-bond donors (Lipinski definition) is 2. The molecule has 1 rings (SSSR count). The van der Waals surface area contributed by atoms with Crippen LogP contribution in [-0.4, -0.2) is 37.7 Å². The van der Waals surface area contributed by atoms with Crippen LogP contribution in [0, 0.1) is 5.82 Å². The summed E-state index contributed by atoms with van der Waals surface area (Å²) in [4.78, 5) is 21.2. The molecule has 0 atom stereocenters. The van der Waals surface area contributed by atoms with Crippen molar-refractivity contribution in [1.82, 2.24) is 5.32 Å². The number of hydrogen-bond acceptors (Lipinski definition) is 4. The first-order chi connectivity index (χ1) is 9.27. The summed E-state index contributed by atoms with van der Waals surface area (Å²) in [6.07, 6.45) is -0.281. The van der Waals surface area contributed by atoms with E-state index in [1.165, 1.54) is 0 Å². The van der Waals surface area contributed by atoms with Gasteiger partial charge in [-0.3, -0.25) is 4.79 Å². The van der Waals surface area contributed by atoms with E-state index in [0.717, 1.165) is 12.1 Å². The summed E-state index contributed by atoms with van der Waals surface area (Å²) in [5.41, 5.74) is -0.342. The fraction of sp³-hybridized carbons (Fsp3) is 0.333. The highest BCUT2D eigenvalue weighted by Gasteiger charge is 2.21. The van der Waals surface area contributed by atoms with Crippen LogP contribution in [0.25, 0.3) is 0 Å². The number of nitrogens with one attached hydrogen (secondary N) is 1. The zero-order valence-electron chi connectivity index (χ0n) is 10.7. The zero-order valence-corrected chi connectivity index (χ0v) is 11.5. The van der Waals surface area contributed by atoms with Crippen LogP contribution in [0.1, 0.15) is 23.7 Å². The molecule has 20 heavy (non-hydrogen) atoms. The third-order valence-electron chi connectivity index (χ3n) is 2.49. The van der Waals surface area contributed by atoms with Gasteiger partial charge < -0.3 is 10.4 Å². The Kier molecular flexibility index (Phi) is 5.20. The lowest BCUT2D eigenvalue weighted by molar-refractivity contribution is -0.120. The van der Waals surface area contributed by atoms with Crippen molar-refractivity contribution in [2.45, 2.75) is 18.2 Å². The van der Waals surface area contributed by atoms with Gasteiger partial charge in [0.05, 0.1) is 11.3 Å². The van der Waals surface area contributed by atoms with Crippen molar-refractivity contribution in [2.75, 3.05) is 12.3 Å². The van der Waals surface area contributed by atoms with Gasteiger partial charge in [-0.15, -0.1) is 0 Å². The number of aromatic carboxylic acids is 1. The molecule has 0 saturated heterocycles. The number of rotatable bonds is 6. The maximum absolute atomic E-state index is 13.6. The monoisotopic (exact) mass is 303 g/mol. The Morgan fingerprint density at radius 3 is 2.50 bits per heavy atom. The van der Waals surface area contributed by atoms with Crippen molar-refractivity contribution in [3.63, 3.8) is 0 Å². The highest BCUT2D eigenvalue weighted by molar-refractivity contribution is 7.91. The van der Waals surface area contributed by atoms with E-state index in [9.17, 15) is 22.4 Å². The Hall–Kier alpha value is -1.96. The fourth-order valence-electron chi connectivity index (χ4n) is 1.51. The van der Waals surface area contributed by atoms with Crippen molar-refractivity contribution in [2.24, 2.45) is 0 Å². The fourth-order valence-corrected chi connectivity index (χ4v) is 2.81. The lowest BCUT2D eigenvalue weighted by atomic mass is 10.2. The van der Waals surface area contributed by atoms with Crippen LogP contribution < -0.4 is 5.32 Å². The van der Waals surface area contributed by atoms with Crippen molar-refractivity contribution in [3.8, 4) is 0 Å². The molecule has 110 valence electrons. The van der Waals surface area contributed by atoms with Crippen LogP contribution in [0.2, 0.25) is 0 Å².